The Hall–Kier alpha value is -3.16. The molecule has 0 aliphatic carbocycles. The molecular weight excluding hydrogens is 392 g/mol. The van der Waals surface area contributed by atoms with Crippen molar-refractivity contribution in [3.8, 4) is 0 Å². The molecule has 1 aromatic heterocycles. The van der Waals surface area contributed by atoms with Gasteiger partial charge in [-0.05, 0) is 56.0 Å². The molecule has 8 heteroatoms. The third-order valence-electron chi connectivity index (χ3n) is 6.00. The molecule has 2 aliphatic rings. The maximum Gasteiger partial charge on any atom is 0.321 e. The summed E-state index contributed by atoms with van der Waals surface area (Å²) in [6.07, 6.45) is 9.53. The van der Waals surface area contributed by atoms with E-state index in [9.17, 15) is 9.59 Å². The molecule has 0 unspecified atom stereocenters. The average Bonchev–Trinajstić information content (AvgIpc) is 3.11. The fraction of sp³-hybridized carbons (Fsp3) is 0.478. The molecule has 0 saturated carbocycles. The van der Waals surface area contributed by atoms with Crippen molar-refractivity contribution < 1.29 is 9.59 Å². The van der Waals surface area contributed by atoms with E-state index in [-0.39, 0.29) is 17.9 Å². The Kier molecular flexibility index (Phi) is 6.96. The topological polar surface area (TPSA) is 90.5 Å². The molecule has 8 nitrogen and oxygen atoms in total. The van der Waals surface area contributed by atoms with Crippen LogP contribution in [-0.2, 0) is 4.79 Å². The smallest absolute Gasteiger partial charge is 0.321 e. The van der Waals surface area contributed by atoms with E-state index in [4.69, 9.17) is 0 Å². The van der Waals surface area contributed by atoms with Gasteiger partial charge in [0.2, 0.25) is 11.9 Å². The zero-order valence-corrected chi connectivity index (χ0v) is 17.8. The lowest BCUT2D eigenvalue weighted by Gasteiger charge is -2.31. The van der Waals surface area contributed by atoms with Gasteiger partial charge in [-0.2, -0.15) is 0 Å². The van der Waals surface area contributed by atoms with Crippen LogP contribution in [0.15, 0.2) is 42.7 Å². The average molecular weight is 423 g/mol. The molecule has 2 aromatic rings. The normalized spacial score (nSPS) is 17.7. The molecule has 1 aromatic carbocycles. The van der Waals surface area contributed by atoms with Crippen molar-refractivity contribution in [2.24, 2.45) is 5.92 Å². The number of likely N-dealkylation sites (tertiary alicyclic amines) is 1. The summed E-state index contributed by atoms with van der Waals surface area (Å²) >= 11 is 0. The van der Waals surface area contributed by atoms with Gasteiger partial charge in [-0.25, -0.2) is 14.8 Å². The monoisotopic (exact) mass is 422 g/mol. The molecular formula is C23H30N6O2. The van der Waals surface area contributed by atoms with Crippen molar-refractivity contribution in [3.05, 3.63) is 42.7 Å². The first-order chi connectivity index (χ1) is 15.2. The van der Waals surface area contributed by atoms with E-state index in [0.717, 1.165) is 69.2 Å². The van der Waals surface area contributed by atoms with Crippen LogP contribution < -0.4 is 15.5 Å². The number of urea groups is 1. The number of nitrogens with one attached hydrogen (secondary N) is 2. The van der Waals surface area contributed by atoms with Crippen molar-refractivity contribution in [2.45, 2.75) is 38.5 Å². The second kappa shape index (κ2) is 10.2. The summed E-state index contributed by atoms with van der Waals surface area (Å²) in [5.41, 5.74) is 1.48. The maximum absolute atomic E-state index is 12.7. The van der Waals surface area contributed by atoms with E-state index >= 15 is 0 Å². The Morgan fingerprint density at radius 1 is 0.806 bits per heavy atom. The number of benzene rings is 1. The van der Waals surface area contributed by atoms with Gasteiger partial charge in [-0.1, -0.05) is 12.8 Å². The molecule has 164 valence electrons. The minimum Gasteiger partial charge on any atom is -0.341 e. The van der Waals surface area contributed by atoms with Gasteiger partial charge in [0.1, 0.15) is 0 Å². The number of hydrogen-bond donors (Lipinski definition) is 2. The van der Waals surface area contributed by atoms with Crippen molar-refractivity contribution in [3.63, 3.8) is 0 Å². The molecule has 3 amide bonds. The zero-order chi connectivity index (χ0) is 21.5. The fourth-order valence-electron chi connectivity index (χ4n) is 4.15. The molecule has 2 aliphatic heterocycles. The minimum absolute atomic E-state index is 0.0256. The second-order valence-electron chi connectivity index (χ2n) is 8.21. The summed E-state index contributed by atoms with van der Waals surface area (Å²) < 4.78 is 0. The van der Waals surface area contributed by atoms with E-state index in [1.807, 2.05) is 29.2 Å². The summed E-state index contributed by atoms with van der Waals surface area (Å²) in [5, 5.41) is 5.97. The van der Waals surface area contributed by atoms with Crippen molar-refractivity contribution in [1.29, 1.82) is 0 Å². The summed E-state index contributed by atoms with van der Waals surface area (Å²) in [5.74, 6) is 0.733. The highest BCUT2D eigenvalue weighted by Gasteiger charge is 2.26. The van der Waals surface area contributed by atoms with E-state index in [1.54, 1.807) is 18.5 Å². The van der Waals surface area contributed by atoms with Crippen LogP contribution in [0.2, 0.25) is 0 Å². The van der Waals surface area contributed by atoms with Gasteiger partial charge in [0, 0.05) is 55.9 Å². The number of carbonyl (C=O) groups excluding carboxylic acids is 2. The van der Waals surface area contributed by atoms with E-state index in [2.05, 4.69) is 25.5 Å². The van der Waals surface area contributed by atoms with Crippen LogP contribution in [0, 0.1) is 5.92 Å². The molecule has 0 radical (unpaired) electrons. The third kappa shape index (κ3) is 5.71. The molecule has 3 heterocycles. The number of carbonyl (C=O) groups is 2. The Labute approximate surface area is 183 Å². The number of amides is 3. The molecule has 0 bridgehead atoms. The summed E-state index contributed by atoms with van der Waals surface area (Å²) in [6.45, 7) is 3.16. The molecule has 31 heavy (non-hydrogen) atoms. The molecule has 0 atom stereocenters. The van der Waals surface area contributed by atoms with Crippen molar-refractivity contribution >= 4 is 29.3 Å². The first-order valence-corrected chi connectivity index (χ1v) is 11.2. The number of piperidine rings is 1. The Morgan fingerprint density at radius 2 is 1.39 bits per heavy atom. The van der Waals surface area contributed by atoms with Crippen LogP contribution in [-0.4, -0.2) is 53.0 Å². The first kappa shape index (κ1) is 21.1. The number of aromatic nitrogens is 2. The van der Waals surface area contributed by atoms with Gasteiger partial charge in [0.25, 0.3) is 0 Å². The molecule has 2 saturated heterocycles. The first-order valence-electron chi connectivity index (χ1n) is 11.2. The van der Waals surface area contributed by atoms with E-state index < -0.39 is 0 Å². The van der Waals surface area contributed by atoms with Gasteiger partial charge in [-0.3, -0.25) is 4.79 Å². The predicted octanol–water partition coefficient (Wildman–Crippen LogP) is 3.74. The second-order valence-corrected chi connectivity index (χ2v) is 8.21. The van der Waals surface area contributed by atoms with Crippen molar-refractivity contribution in [2.75, 3.05) is 41.7 Å². The minimum atomic E-state index is -0.0483. The number of hydrogen-bond acceptors (Lipinski definition) is 5. The number of anilines is 3. The lowest BCUT2D eigenvalue weighted by atomic mass is 9.96. The van der Waals surface area contributed by atoms with Crippen molar-refractivity contribution in [1.82, 2.24) is 14.9 Å². The Balaban J connectivity index is 1.25. The quantitative estimate of drug-likeness (QED) is 0.783. The zero-order valence-electron chi connectivity index (χ0n) is 17.8. The SMILES string of the molecule is O=C(Nc1ccc(NC(=O)N2CCCCCC2)cc1)C1CCN(c2ncccn2)CC1. The lowest BCUT2D eigenvalue weighted by molar-refractivity contribution is -0.120. The van der Waals surface area contributed by atoms with Crippen LogP contribution in [0.25, 0.3) is 0 Å². The van der Waals surface area contributed by atoms with Crippen LogP contribution >= 0.6 is 0 Å². The van der Waals surface area contributed by atoms with E-state index in [0.29, 0.717) is 0 Å². The fourth-order valence-corrected chi connectivity index (χ4v) is 4.15. The van der Waals surface area contributed by atoms with Crippen LogP contribution in [0.3, 0.4) is 0 Å². The van der Waals surface area contributed by atoms with Gasteiger partial charge >= 0.3 is 6.03 Å². The predicted molar refractivity (Wildman–Crippen MR) is 121 cm³/mol. The molecule has 0 spiro atoms. The van der Waals surface area contributed by atoms with E-state index in [1.165, 1.54) is 12.8 Å². The molecule has 2 N–H and O–H groups in total. The number of rotatable bonds is 4. The molecule has 4 rings (SSSR count). The highest BCUT2D eigenvalue weighted by molar-refractivity contribution is 5.93. The highest BCUT2D eigenvalue weighted by Crippen LogP contribution is 2.23. The summed E-state index contributed by atoms with van der Waals surface area (Å²) in [4.78, 5) is 37.7. The highest BCUT2D eigenvalue weighted by atomic mass is 16.2. The Bertz CT molecular complexity index is 857. The van der Waals surface area contributed by atoms with Crippen LogP contribution in [0.5, 0.6) is 0 Å². The summed E-state index contributed by atoms with van der Waals surface area (Å²) in [7, 11) is 0. The number of nitrogens with zero attached hydrogens (tertiary/aromatic N) is 4. The van der Waals surface area contributed by atoms with Gasteiger partial charge in [0.15, 0.2) is 0 Å². The van der Waals surface area contributed by atoms with Crippen LogP contribution in [0.4, 0.5) is 22.1 Å². The lowest BCUT2D eigenvalue weighted by Crippen LogP contribution is -2.39. The Morgan fingerprint density at radius 3 is 2.00 bits per heavy atom. The standard InChI is InChI=1S/C23H30N6O2/c30-21(18-10-16-28(17-11-18)22-24-12-5-13-25-22)26-19-6-8-20(9-7-19)27-23(31)29-14-3-1-2-4-15-29/h5-9,12-13,18H,1-4,10-11,14-17H2,(H,26,30)(H,27,31). The maximum atomic E-state index is 12.7. The molecule has 2 fully saturated rings. The summed E-state index contributed by atoms with van der Waals surface area (Å²) in [6, 6.07) is 9.09. The van der Waals surface area contributed by atoms with Gasteiger partial charge < -0.3 is 20.4 Å². The van der Waals surface area contributed by atoms with Gasteiger partial charge in [-0.15, -0.1) is 0 Å². The van der Waals surface area contributed by atoms with Gasteiger partial charge in [0.05, 0.1) is 0 Å². The third-order valence-corrected chi connectivity index (χ3v) is 6.00. The largest absolute Gasteiger partial charge is 0.341 e. The van der Waals surface area contributed by atoms with Crippen LogP contribution in [0.1, 0.15) is 38.5 Å².